The Morgan fingerprint density at radius 2 is 1.93 bits per heavy atom. The molecule has 0 aliphatic rings. The van der Waals surface area contributed by atoms with Crippen molar-refractivity contribution < 1.29 is 4.79 Å². The number of nitrogens with one attached hydrogen (secondary N) is 2. The van der Waals surface area contributed by atoms with Gasteiger partial charge in [0.05, 0.1) is 16.9 Å². The first-order valence-corrected chi connectivity index (χ1v) is 11.0. The van der Waals surface area contributed by atoms with E-state index >= 15 is 0 Å². The molecule has 0 saturated carbocycles. The maximum Gasteiger partial charge on any atom is 0.262 e. The topological polar surface area (TPSA) is 66.9 Å². The van der Waals surface area contributed by atoms with Gasteiger partial charge in [-0.05, 0) is 61.8 Å². The van der Waals surface area contributed by atoms with Gasteiger partial charge in [0.15, 0.2) is 4.77 Å². The second-order valence-electron chi connectivity index (χ2n) is 7.20. The van der Waals surface area contributed by atoms with Crippen molar-refractivity contribution >= 4 is 52.2 Å². The Balaban J connectivity index is 1.47. The third kappa shape index (κ3) is 5.50. The SMILES string of the molecule is CC(NC(=O)CCCCCn1c(=S)[nH]c2ccccc2c1=O)c1ccc(Cl)cc1Cl. The number of hydrogen-bond acceptors (Lipinski definition) is 3. The summed E-state index contributed by atoms with van der Waals surface area (Å²) in [6.45, 7) is 2.41. The van der Waals surface area contributed by atoms with Gasteiger partial charge in [0, 0.05) is 23.0 Å². The second kappa shape index (κ2) is 10.2. The van der Waals surface area contributed by atoms with Gasteiger partial charge in [0.1, 0.15) is 0 Å². The van der Waals surface area contributed by atoms with E-state index in [0.717, 1.165) is 30.3 Å². The van der Waals surface area contributed by atoms with Crippen LogP contribution in [0.15, 0.2) is 47.3 Å². The number of rotatable bonds is 8. The molecule has 0 radical (unpaired) electrons. The molecule has 3 aromatic rings. The summed E-state index contributed by atoms with van der Waals surface area (Å²) in [4.78, 5) is 28.0. The van der Waals surface area contributed by atoms with E-state index in [1.165, 1.54) is 0 Å². The molecule has 2 N–H and O–H groups in total. The first-order valence-electron chi connectivity index (χ1n) is 9.83. The van der Waals surface area contributed by atoms with Crippen LogP contribution in [0.5, 0.6) is 0 Å². The van der Waals surface area contributed by atoms with Crippen LogP contribution >= 0.6 is 35.4 Å². The quantitative estimate of drug-likeness (QED) is 0.327. The van der Waals surface area contributed by atoms with Crippen LogP contribution in [0.3, 0.4) is 0 Å². The predicted octanol–water partition coefficient (Wildman–Crippen LogP) is 5.80. The van der Waals surface area contributed by atoms with Gasteiger partial charge >= 0.3 is 0 Å². The summed E-state index contributed by atoms with van der Waals surface area (Å²) < 4.78 is 2.01. The summed E-state index contributed by atoms with van der Waals surface area (Å²) in [5.41, 5.74) is 1.50. The van der Waals surface area contributed by atoms with Gasteiger partial charge in [-0.25, -0.2) is 0 Å². The molecule has 0 spiro atoms. The van der Waals surface area contributed by atoms with E-state index in [1.54, 1.807) is 22.8 Å². The molecule has 158 valence electrons. The highest BCUT2D eigenvalue weighted by molar-refractivity contribution is 7.71. The van der Waals surface area contributed by atoms with Gasteiger partial charge in [-0.15, -0.1) is 0 Å². The van der Waals surface area contributed by atoms with Crippen LogP contribution in [0.4, 0.5) is 0 Å². The third-order valence-electron chi connectivity index (χ3n) is 4.98. The van der Waals surface area contributed by atoms with E-state index in [4.69, 9.17) is 35.4 Å². The van der Waals surface area contributed by atoms with Crippen molar-refractivity contribution in [3.8, 4) is 0 Å². The number of nitrogens with zero attached hydrogens (tertiary/aromatic N) is 1. The van der Waals surface area contributed by atoms with Crippen LogP contribution in [-0.2, 0) is 11.3 Å². The zero-order valence-corrected chi connectivity index (χ0v) is 18.9. The van der Waals surface area contributed by atoms with E-state index in [9.17, 15) is 9.59 Å². The molecule has 0 aliphatic heterocycles. The van der Waals surface area contributed by atoms with E-state index in [1.807, 2.05) is 31.2 Å². The van der Waals surface area contributed by atoms with E-state index < -0.39 is 0 Å². The molecule has 30 heavy (non-hydrogen) atoms. The number of H-pyrrole nitrogens is 1. The van der Waals surface area contributed by atoms with Crippen LogP contribution in [0.25, 0.3) is 10.9 Å². The Morgan fingerprint density at radius 3 is 2.70 bits per heavy atom. The van der Waals surface area contributed by atoms with E-state index in [-0.39, 0.29) is 17.5 Å². The predicted molar refractivity (Wildman–Crippen MR) is 125 cm³/mol. The third-order valence-corrected chi connectivity index (χ3v) is 5.87. The molecule has 3 rings (SSSR count). The van der Waals surface area contributed by atoms with Crippen molar-refractivity contribution in [3.63, 3.8) is 0 Å². The minimum Gasteiger partial charge on any atom is -0.350 e. The van der Waals surface area contributed by atoms with Crippen LogP contribution in [0.2, 0.25) is 10.0 Å². The molecule has 0 aliphatic carbocycles. The second-order valence-corrected chi connectivity index (χ2v) is 8.43. The first kappa shape index (κ1) is 22.5. The van der Waals surface area contributed by atoms with E-state index in [0.29, 0.717) is 33.2 Å². The number of fused-ring (bicyclic) bond motifs is 1. The number of aromatic amines is 1. The van der Waals surface area contributed by atoms with Crippen molar-refractivity contribution in [1.82, 2.24) is 14.9 Å². The smallest absolute Gasteiger partial charge is 0.262 e. The fourth-order valence-electron chi connectivity index (χ4n) is 3.38. The van der Waals surface area contributed by atoms with Crippen molar-refractivity contribution in [2.24, 2.45) is 0 Å². The van der Waals surface area contributed by atoms with Crippen molar-refractivity contribution in [2.45, 2.75) is 45.2 Å². The van der Waals surface area contributed by atoms with Crippen LogP contribution < -0.4 is 10.9 Å². The molecule has 1 unspecified atom stereocenters. The number of para-hydroxylation sites is 1. The minimum absolute atomic E-state index is 0.0336. The molecular weight excluding hydrogens is 441 g/mol. The van der Waals surface area contributed by atoms with Gasteiger partial charge in [0.2, 0.25) is 5.91 Å². The number of unbranched alkanes of at least 4 members (excludes halogenated alkanes) is 2. The summed E-state index contributed by atoms with van der Waals surface area (Å²) >= 11 is 17.4. The zero-order valence-electron chi connectivity index (χ0n) is 16.6. The lowest BCUT2D eigenvalue weighted by Crippen LogP contribution is -2.26. The van der Waals surface area contributed by atoms with Gasteiger partial charge in [-0.1, -0.05) is 47.8 Å². The Kier molecular flexibility index (Phi) is 7.69. The molecule has 0 saturated heterocycles. The van der Waals surface area contributed by atoms with Gasteiger partial charge in [-0.2, -0.15) is 0 Å². The maximum absolute atomic E-state index is 12.6. The summed E-state index contributed by atoms with van der Waals surface area (Å²) in [5, 5.41) is 4.68. The number of amides is 1. The van der Waals surface area contributed by atoms with Crippen molar-refractivity contribution in [1.29, 1.82) is 0 Å². The minimum atomic E-state index is -0.197. The first-order chi connectivity index (χ1) is 14.4. The monoisotopic (exact) mass is 463 g/mol. The molecule has 5 nitrogen and oxygen atoms in total. The summed E-state index contributed by atoms with van der Waals surface area (Å²) in [5.74, 6) is -0.0336. The number of benzene rings is 2. The molecule has 8 heteroatoms. The Bertz CT molecular complexity index is 1170. The molecule has 1 heterocycles. The highest BCUT2D eigenvalue weighted by Gasteiger charge is 2.13. The fourth-order valence-corrected chi connectivity index (χ4v) is 4.23. The highest BCUT2D eigenvalue weighted by Crippen LogP contribution is 2.26. The van der Waals surface area contributed by atoms with Gasteiger partial charge in [-0.3, -0.25) is 14.2 Å². The molecule has 0 bridgehead atoms. The lowest BCUT2D eigenvalue weighted by molar-refractivity contribution is -0.121. The maximum atomic E-state index is 12.6. The number of halogens is 2. The Morgan fingerprint density at radius 1 is 1.17 bits per heavy atom. The highest BCUT2D eigenvalue weighted by atomic mass is 35.5. The van der Waals surface area contributed by atoms with Gasteiger partial charge < -0.3 is 10.3 Å². The molecule has 0 fully saturated rings. The van der Waals surface area contributed by atoms with Crippen LogP contribution in [0, 0.1) is 4.77 Å². The van der Waals surface area contributed by atoms with Gasteiger partial charge in [0.25, 0.3) is 5.56 Å². The lowest BCUT2D eigenvalue weighted by atomic mass is 10.1. The zero-order chi connectivity index (χ0) is 21.7. The fraction of sp³-hybridized carbons (Fsp3) is 0.318. The lowest BCUT2D eigenvalue weighted by Gasteiger charge is -2.16. The summed E-state index contributed by atoms with van der Waals surface area (Å²) in [6, 6.07) is 12.4. The average molecular weight is 464 g/mol. The molecule has 1 atom stereocenters. The van der Waals surface area contributed by atoms with Crippen molar-refractivity contribution in [2.75, 3.05) is 0 Å². The summed E-state index contributed by atoms with van der Waals surface area (Å²) in [6.07, 6.45) is 2.72. The number of carbonyl (C=O) groups is 1. The Labute approximate surface area is 190 Å². The molecule has 2 aromatic carbocycles. The van der Waals surface area contributed by atoms with Crippen molar-refractivity contribution in [3.05, 3.63) is 73.2 Å². The Hall–Kier alpha value is -2.15. The summed E-state index contributed by atoms with van der Waals surface area (Å²) in [7, 11) is 0. The molecular formula is C22H23Cl2N3O2S. The number of hydrogen-bond donors (Lipinski definition) is 2. The van der Waals surface area contributed by atoms with E-state index in [2.05, 4.69) is 10.3 Å². The molecule has 1 amide bonds. The van der Waals surface area contributed by atoms with Crippen LogP contribution in [-0.4, -0.2) is 15.5 Å². The standard InChI is InChI=1S/C22H23Cl2N3O2S/c1-14(16-11-10-15(23)13-18(16)24)25-20(28)9-3-2-6-12-27-21(29)17-7-4-5-8-19(17)26-22(27)30/h4-5,7-8,10-11,13-14H,2-3,6,9,12H2,1H3,(H,25,28)(H,26,30). The normalized spacial score (nSPS) is 12.1. The number of aromatic nitrogens is 2. The van der Waals surface area contributed by atoms with Crippen LogP contribution in [0.1, 0.15) is 44.2 Å². The molecule has 1 aromatic heterocycles. The largest absolute Gasteiger partial charge is 0.350 e. The average Bonchev–Trinajstić information content (AvgIpc) is 2.69. The number of carbonyl (C=O) groups excluding carboxylic acids is 1.